The van der Waals surface area contributed by atoms with Gasteiger partial charge in [0.2, 0.25) is 0 Å². The Labute approximate surface area is 250 Å². The Hall–Kier alpha value is -4.14. The molecule has 0 bridgehead atoms. The predicted octanol–water partition coefficient (Wildman–Crippen LogP) is 7.59. The number of ether oxygens (including phenoxy) is 3. The largest absolute Gasteiger partial charge is 0.493 e. The number of carbonyl (C=O) groups excluding carboxylic acids is 2. The molecule has 41 heavy (non-hydrogen) atoms. The van der Waals surface area contributed by atoms with E-state index < -0.39 is 5.25 Å². The Balaban J connectivity index is 1.62. The number of benzene rings is 4. The van der Waals surface area contributed by atoms with E-state index in [2.05, 4.69) is 10.6 Å². The summed E-state index contributed by atoms with van der Waals surface area (Å²) in [7, 11) is 1.55. The van der Waals surface area contributed by atoms with Crippen molar-refractivity contribution in [2.24, 2.45) is 0 Å². The van der Waals surface area contributed by atoms with Crippen molar-refractivity contribution >= 4 is 41.9 Å². The van der Waals surface area contributed by atoms with Crippen molar-refractivity contribution in [2.45, 2.75) is 25.1 Å². The first-order valence-corrected chi connectivity index (χ1v) is 13.9. The highest BCUT2D eigenvalue weighted by Crippen LogP contribution is 2.41. The fraction of sp³-hybridized carbons (Fsp3) is 0.188. The van der Waals surface area contributed by atoms with Crippen LogP contribution in [0.2, 0.25) is 5.02 Å². The second-order valence-corrected chi connectivity index (χ2v) is 10.0. The number of rotatable bonds is 11. The van der Waals surface area contributed by atoms with Crippen molar-refractivity contribution in [3.8, 4) is 17.2 Å². The van der Waals surface area contributed by atoms with Gasteiger partial charge in [0.15, 0.2) is 11.5 Å². The Morgan fingerprint density at radius 2 is 1.61 bits per heavy atom. The molecule has 212 valence electrons. The summed E-state index contributed by atoms with van der Waals surface area (Å²) in [5, 5.41) is 5.95. The molecule has 4 rings (SSSR count). The first-order valence-electron chi connectivity index (χ1n) is 13.0. The number of amides is 2. The van der Waals surface area contributed by atoms with E-state index in [1.807, 2.05) is 48.5 Å². The summed E-state index contributed by atoms with van der Waals surface area (Å²) in [6, 6.07) is 27.3. The van der Waals surface area contributed by atoms with Gasteiger partial charge in [-0.3, -0.25) is 4.79 Å². The molecule has 0 fully saturated rings. The van der Waals surface area contributed by atoms with Crippen LogP contribution in [0.1, 0.15) is 34.4 Å². The average molecular weight is 591 g/mol. The fourth-order valence-electron chi connectivity index (χ4n) is 4.12. The minimum Gasteiger partial charge on any atom is -0.493 e. The van der Waals surface area contributed by atoms with Crippen molar-refractivity contribution < 1.29 is 23.8 Å². The van der Waals surface area contributed by atoms with Crippen molar-refractivity contribution in [3.63, 3.8) is 0 Å². The van der Waals surface area contributed by atoms with Crippen molar-refractivity contribution in [1.82, 2.24) is 5.32 Å². The molecule has 0 saturated heterocycles. The van der Waals surface area contributed by atoms with Gasteiger partial charge < -0.3 is 24.8 Å². The van der Waals surface area contributed by atoms with Crippen LogP contribution in [0.4, 0.5) is 10.5 Å². The van der Waals surface area contributed by atoms with E-state index in [0.717, 1.165) is 11.1 Å². The fourth-order valence-corrected chi connectivity index (χ4v) is 4.62. The third-order valence-electron chi connectivity index (χ3n) is 6.15. The molecule has 1 unspecified atom stereocenters. The summed E-state index contributed by atoms with van der Waals surface area (Å²) in [5.41, 5.74) is 3.86. The summed E-state index contributed by atoms with van der Waals surface area (Å²) < 4.78 is 17.0. The molecule has 0 aliphatic carbocycles. The molecule has 4 aromatic rings. The van der Waals surface area contributed by atoms with Crippen LogP contribution in [-0.4, -0.2) is 25.7 Å². The van der Waals surface area contributed by atoms with Crippen molar-refractivity contribution in [1.29, 1.82) is 0 Å². The normalized spacial score (nSPS) is 11.3. The van der Waals surface area contributed by atoms with Gasteiger partial charge in [-0.15, -0.1) is 0 Å². The zero-order valence-corrected chi connectivity index (χ0v) is 24.4. The number of esters is 1. The Kier molecular flexibility index (Phi) is 10.5. The molecule has 0 spiro atoms. The zero-order chi connectivity index (χ0) is 29.2. The molecular formula is C32H31ClN2O5S. The second kappa shape index (κ2) is 14.5. The van der Waals surface area contributed by atoms with E-state index in [-0.39, 0.29) is 18.4 Å². The highest BCUT2D eigenvalue weighted by molar-refractivity contribution is 7.80. The van der Waals surface area contributed by atoms with Gasteiger partial charge in [0, 0.05) is 22.8 Å². The molecule has 1 atom stereocenters. The standard InChI is InChI=1S/C32H31ClN2O5S/c1-3-39-30(36)18-22-9-15-28(38-2)29(17-22)40-27-16-14-25(35-32(37)34-20-21-7-5-4-6-8-21)19-26(27)31(41)23-10-12-24(33)13-11-23/h4-17,19,31,41H,3,18,20H2,1-2H3,(H2,34,35,37). The molecule has 2 amide bonds. The second-order valence-electron chi connectivity index (χ2n) is 9.07. The Morgan fingerprint density at radius 1 is 0.878 bits per heavy atom. The minimum absolute atomic E-state index is 0.0992. The van der Waals surface area contributed by atoms with Crippen LogP contribution in [0.15, 0.2) is 91.0 Å². The van der Waals surface area contributed by atoms with Crippen molar-refractivity contribution in [2.75, 3.05) is 19.0 Å². The maximum absolute atomic E-state index is 12.7. The highest BCUT2D eigenvalue weighted by Gasteiger charge is 2.19. The topological polar surface area (TPSA) is 85.9 Å². The van der Waals surface area contributed by atoms with E-state index in [1.165, 1.54) is 0 Å². The summed E-state index contributed by atoms with van der Waals surface area (Å²) in [5.74, 6) is 1.09. The maximum Gasteiger partial charge on any atom is 0.319 e. The lowest BCUT2D eigenvalue weighted by atomic mass is 10.0. The molecule has 2 N–H and O–H groups in total. The maximum atomic E-state index is 12.7. The van der Waals surface area contributed by atoms with Gasteiger partial charge in [-0.1, -0.05) is 60.1 Å². The minimum atomic E-state index is -0.412. The van der Waals surface area contributed by atoms with E-state index in [4.69, 9.17) is 38.4 Å². The summed E-state index contributed by atoms with van der Waals surface area (Å²) in [6.45, 7) is 2.46. The lowest BCUT2D eigenvalue weighted by molar-refractivity contribution is -0.142. The monoisotopic (exact) mass is 590 g/mol. The molecule has 9 heteroatoms. The average Bonchev–Trinajstić information content (AvgIpc) is 2.98. The summed E-state index contributed by atoms with van der Waals surface area (Å²) in [6.07, 6.45) is 0.0992. The molecular weight excluding hydrogens is 560 g/mol. The first kappa shape index (κ1) is 29.8. The third-order valence-corrected chi connectivity index (χ3v) is 6.97. The van der Waals surface area contributed by atoms with E-state index in [1.54, 1.807) is 56.5 Å². The Bertz CT molecular complexity index is 1480. The lowest BCUT2D eigenvalue weighted by Crippen LogP contribution is -2.28. The SMILES string of the molecule is CCOC(=O)Cc1ccc(OC)c(Oc2ccc(NC(=O)NCc3ccccc3)cc2C(S)c2ccc(Cl)cc2)c1. The van der Waals surface area contributed by atoms with Gasteiger partial charge in [0.1, 0.15) is 5.75 Å². The zero-order valence-electron chi connectivity index (χ0n) is 22.7. The number of nitrogens with one attached hydrogen (secondary N) is 2. The molecule has 0 saturated carbocycles. The van der Waals surface area contributed by atoms with E-state index >= 15 is 0 Å². The third kappa shape index (κ3) is 8.42. The van der Waals surface area contributed by atoms with Crippen LogP contribution in [0.5, 0.6) is 17.2 Å². The number of methoxy groups -OCH3 is 1. The van der Waals surface area contributed by atoms with Gasteiger partial charge in [0.25, 0.3) is 0 Å². The lowest BCUT2D eigenvalue weighted by Gasteiger charge is -2.20. The number of hydrogen-bond donors (Lipinski definition) is 3. The van der Waals surface area contributed by atoms with E-state index in [0.29, 0.717) is 52.2 Å². The number of thiol groups is 1. The Morgan fingerprint density at radius 3 is 2.32 bits per heavy atom. The van der Waals surface area contributed by atoms with Gasteiger partial charge in [-0.25, -0.2) is 4.79 Å². The van der Waals surface area contributed by atoms with Gasteiger partial charge in [-0.2, -0.15) is 12.6 Å². The summed E-state index contributed by atoms with van der Waals surface area (Å²) in [4.78, 5) is 24.7. The molecule has 0 heterocycles. The van der Waals surface area contributed by atoms with Crippen LogP contribution >= 0.6 is 24.2 Å². The summed E-state index contributed by atoms with van der Waals surface area (Å²) >= 11 is 11.0. The number of anilines is 1. The van der Waals surface area contributed by atoms with Crippen LogP contribution < -0.4 is 20.1 Å². The molecule has 0 aromatic heterocycles. The van der Waals surface area contributed by atoms with Crippen LogP contribution in [-0.2, 0) is 22.5 Å². The number of hydrogen-bond acceptors (Lipinski definition) is 6. The molecule has 7 nitrogen and oxygen atoms in total. The first-order chi connectivity index (χ1) is 19.9. The quantitative estimate of drug-likeness (QED) is 0.124. The van der Waals surface area contributed by atoms with E-state index in [9.17, 15) is 9.59 Å². The van der Waals surface area contributed by atoms with Gasteiger partial charge in [0.05, 0.1) is 25.4 Å². The highest BCUT2D eigenvalue weighted by atomic mass is 35.5. The van der Waals surface area contributed by atoms with Crippen LogP contribution in [0, 0.1) is 0 Å². The van der Waals surface area contributed by atoms with Crippen LogP contribution in [0.3, 0.4) is 0 Å². The van der Waals surface area contributed by atoms with Gasteiger partial charge >= 0.3 is 12.0 Å². The van der Waals surface area contributed by atoms with Crippen LogP contribution in [0.25, 0.3) is 0 Å². The number of halogens is 1. The number of urea groups is 1. The predicted molar refractivity (Wildman–Crippen MR) is 164 cm³/mol. The molecule has 4 aromatic carbocycles. The van der Waals surface area contributed by atoms with Gasteiger partial charge in [-0.05, 0) is 66.1 Å². The molecule has 0 aliphatic heterocycles. The molecule has 0 radical (unpaired) electrons. The molecule has 0 aliphatic rings. The van der Waals surface area contributed by atoms with Crippen molar-refractivity contribution in [3.05, 3.63) is 118 Å². The smallest absolute Gasteiger partial charge is 0.319 e. The number of carbonyl (C=O) groups is 2.